The van der Waals surface area contributed by atoms with Crippen molar-refractivity contribution in [1.82, 2.24) is 9.55 Å². The number of aromatic nitrogens is 2. The van der Waals surface area contributed by atoms with E-state index in [1.165, 1.54) is 5.56 Å². The molecule has 3 nitrogen and oxygen atoms in total. The van der Waals surface area contributed by atoms with Crippen LogP contribution in [0, 0.1) is 6.92 Å². The Morgan fingerprint density at radius 3 is 3.00 bits per heavy atom. The molecule has 0 fully saturated rings. The number of nitrogen functional groups attached to an aromatic ring is 1. The zero-order valence-corrected chi connectivity index (χ0v) is 11.0. The molecule has 0 unspecified atom stereocenters. The van der Waals surface area contributed by atoms with Gasteiger partial charge in [0, 0.05) is 29.5 Å². The van der Waals surface area contributed by atoms with E-state index in [-0.39, 0.29) is 0 Å². The minimum absolute atomic E-state index is 0.843. The molecule has 1 aromatic carbocycles. The molecule has 17 heavy (non-hydrogen) atoms. The van der Waals surface area contributed by atoms with Crippen LogP contribution in [-0.4, -0.2) is 9.55 Å². The van der Waals surface area contributed by atoms with Gasteiger partial charge >= 0.3 is 0 Å². The molecule has 0 atom stereocenters. The Bertz CT molecular complexity index is 505. The Kier molecular flexibility index (Phi) is 3.74. The molecule has 1 heterocycles. The Labute approximate surface area is 106 Å². The van der Waals surface area contributed by atoms with Crippen molar-refractivity contribution in [2.24, 2.45) is 0 Å². The minimum atomic E-state index is 0.843. The van der Waals surface area contributed by atoms with E-state index in [2.05, 4.69) is 29.5 Å². The van der Waals surface area contributed by atoms with Crippen molar-refractivity contribution in [2.45, 2.75) is 31.0 Å². The predicted octanol–water partition coefficient (Wildman–Crippen LogP) is 3.09. The van der Waals surface area contributed by atoms with Crippen LogP contribution in [0.25, 0.3) is 0 Å². The maximum absolute atomic E-state index is 5.95. The summed E-state index contributed by atoms with van der Waals surface area (Å²) in [4.78, 5) is 5.49. The fraction of sp³-hybridized carbons (Fsp3) is 0.308. The van der Waals surface area contributed by atoms with Crippen LogP contribution in [0.1, 0.15) is 18.3 Å². The van der Waals surface area contributed by atoms with Crippen LogP contribution >= 0.6 is 11.8 Å². The lowest BCUT2D eigenvalue weighted by Crippen LogP contribution is -1.99. The molecule has 1 aromatic heterocycles. The third kappa shape index (κ3) is 2.82. The van der Waals surface area contributed by atoms with Gasteiger partial charge in [-0.1, -0.05) is 6.07 Å². The van der Waals surface area contributed by atoms with E-state index in [4.69, 9.17) is 5.73 Å². The van der Waals surface area contributed by atoms with Crippen molar-refractivity contribution in [3.8, 4) is 0 Å². The molecule has 0 aliphatic carbocycles. The number of nitrogens with zero attached hydrogens (tertiary/aromatic N) is 2. The normalized spacial score (nSPS) is 10.7. The van der Waals surface area contributed by atoms with Gasteiger partial charge in [-0.25, -0.2) is 4.98 Å². The summed E-state index contributed by atoms with van der Waals surface area (Å²) in [6, 6.07) is 6.12. The molecule has 0 saturated carbocycles. The molecule has 0 aliphatic heterocycles. The molecule has 0 spiro atoms. The van der Waals surface area contributed by atoms with Crippen molar-refractivity contribution in [1.29, 1.82) is 0 Å². The molecule has 0 amide bonds. The van der Waals surface area contributed by atoms with Crippen LogP contribution in [-0.2, 0) is 12.3 Å². The summed E-state index contributed by atoms with van der Waals surface area (Å²) in [5.74, 6) is 1.95. The fourth-order valence-corrected chi connectivity index (χ4v) is 2.71. The van der Waals surface area contributed by atoms with Gasteiger partial charge in [0.25, 0.3) is 0 Å². The van der Waals surface area contributed by atoms with Gasteiger partial charge in [0.05, 0.1) is 5.75 Å². The standard InChI is InChI=1S/C13H17N3S/c1-3-16-7-6-15-13(16)9-17-12-8-10(2)4-5-11(12)14/h4-8H,3,9,14H2,1-2H3. The number of imidazole rings is 1. The molecule has 4 heteroatoms. The number of hydrogen-bond donors (Lipinski definition) is 1. The molecule has 2 aromatic rings. The Morgan fingerprint density at radius 1 is 1.41 bits per heavy atom. The molecular weight excluding hydrogens is 230 g/mol. The van der Waals surface area contributed by atoms with Crippen molar-refractivity contribution in [3.63, 3.8) is 0 Å². The average molecular weight is 247 g/mol. The summed E-state index contributed by atoms with van der Waals surface area (Å²) in [5, 5.41) is 0. The molecule has 0 bridgehead atoms. The number of thioether (sulfide) groups is 1. The number of hydrogen-bond acceptors (Lipinski definition) is 3. The summed E-state index contributed by atoms with van der Waals surface area (Å²) in [6.45, 7) is 5.16. The highest BCUT2D eigenvalue weighted by atomic mass is 32.2. The van der Waals surface area contributed by atoms with Crippen LogP contribution in [0.4, 0.5) is 5.69 Å². The van der Waals surface area contributed by atoms with Gasteiger partial charge in [0.15, 0.2) is 0 Å². The van der Waals surface area contributed by atoms with Crippen LogP contribution in [0.5, 0.6) is 0 Å². The first-order valence-electron chi connectivity index (χ1n) is 5.69. The summed E-state index contributed by atoms with van der Waals surface area (Å²) in [7, 11) is 0. The quantitative estimate of drug-likeness (QED) is 0.667. The topological polar surface area (TPSA) is 43.8 Å². The number of anilines is 1. The number of benzene rings is 1. The Balaban J connectivity index is 2.09. The largest absolute Gasteiger partial charge is 0.398 e. The van der Waals surface area contributed by atoms with Crippen LogP contribution in [0.2, 0.25) is 0 Å². The van der Waals surface area contributed by atoms with Gasteiger partial charge in [-0.15, -0.1) is 11.8 Å². The molecule has 0 saturated heterocycles. The van der Waals surface area contributed by atoms with Gasteiger partial charge in [0.1, 0.15) is 5.82 Å². The lowest BCUT2D eigenvalue weighted by Gasteiger charge is -2.07. The van der Waals surface area contributed by atoms with E-state index in [9.17, 15) is 0 Å². The van der Waals surface area contributed by atoms with E-state index >= 15 is 0 Å². The van der Waals surface area contributed by atoms with Crippen LogP contribution in [0.15, 0.2) is 35.5 Å². The predicted molar refractivity (Wildman–Crippen MR) is 73.1 cm³/mol. The van der Waals surface area contributed by atoms with Crippen molar-refractivity contribution < 1.29 is 0 Å². The minimum Gasteiger partial charge on any atom is -0.398 e. The highest BCUT2D eigenvalue weighted by Gasteiger charge is 2.05. The summed E-state index contributed by atoms with van der Waals surface area (Å²) < 4.78 is 2.15. The first-order chi connectivity index (χ1) is 8.20. The molecule has 2 rings (SSSR count). The molecule has 0 aliphatic rings. The second-order valence-corrected chi connectivity index (χ2v) is 4.98. The highest BCUT2D eigenvalue weighted by Crippen LogP contribution is 2.28. The maximum Gasteiger partial charge on any atom is 0.119 e. The zero-order valence-electron chi connectivity index (χ0n) is 10.2. The first-order valence-corrected chi connectivity index (χ1v) is 6.68. The van der Waals surface area contributed by atoms with Crippen LogP contribution in [0.3, 0.4) is 0 Å². The molecule has 90 valence electrons. The van der Waals surface area contributed by atoms with Gasteiger partial charge < -0.3 is 10.3 Å². The second kappa shape index (κ2) is 5.27. The SMILES string of the molecule is CCn1ccnc1CSc1cc(C)ccc1N. The lowest BCUT2D eigenvalue weighted by atomic mass is 10.2. The lowest BCUT2D eigenvalue weighted by molar-refractivity contribution is 0.726. The molecule has 2 N–H and O–H groups in total. The van der Waals surface area contributed by atoms with E-state index in [0.29, 0.717) is 0 Å². The monoisotopic (exact) mass is 247 g/mol. The van der Waals surface area contributed by atoms with Crippen molar-refractivity contribution in [3.05, 3.63) is 42.0 Å². The van der Waals surface area contributed by atoms with Gasteiger partial charge in [0.2, 0.25) is 0 Å². The molecular formula is C13H17N3S. The summed E-state index contributed by atoms with van der Waals surface area (Å²) in [6.07, 6.45) is 3.86. The van der Waals surface area contributed by atoms with E-state index in [1.807, 2.05) is 24.5 Å². The van der Waals surface area contributed by atoms with Crippen LogP contribution < -0.4 is 5.73 Å². The van der Waals surface area contributed by atoms with Gasteiger partial charge in [-0.3, -0.25) is 0 Å². The Morgan fingerprint density at radius 2 is 2.24 bits per heavy atom. The Hall–Kier alpha value is -1.42. The summed E-state index contributed by atoms with van der Waals surface area (Å²) in [5.41, 5.74) is 8.03. The third-order valence-corrected chi connectivity index (χ3v) is 3.74. The van der Waals surface area contributed by atoms with Gasteiger partial charge in [-0.2, -0.15) is 0 Å². The van der Waals surface area contributed by atoms with E-state index in [0.717, 1.165) is 28.7 Å². The zero-order chi connectivity index (χ0) is 12.3. The number of nitrogens with two attached hydrogens (primary N) is 1. The van der Waals surface area contributed by atoms with E-state index in [1.54, 1.807) is 11.8 Å². The summed E-state index contributed by atoms with van der Waals surface area (Å²) >= 11 is 1.74. The molecule has 0 radical (unpaired) electrons. The second-order valence-electron chi connectivity index (χ2n) is 3.96. The highest BCUT2D eigenvalue weighted by molar-refractivity contribution is 7.98. The third-order valence-electron chi connectivity index (χ3n) is 2.67. The number of aryl methyl sites for hydroxylation is 2. The van der Waals surface area contributed by atoms with Crippen molar-refractivity contribution in [2.75, 3.05) is 5.73 Å². The van der Waals surface area contributed by atoms with Gasteiger partial charge in [-0.05, 0) is 31.5 Å². The maximum atomic E-state index is 5.95. The first kappa shape index (κ1) is 12.0. The smallest absolute Gasteiger partial charge is 0.119 e. The average Bonchev–Trinajstić information content (AvgIpc) is 2.77. The van der Waals surface area contributed by atoms with Crippen molar-refractivity contribution >= 4 is 17.4 Å². The number of rotatable bonds is 4. The fourth-order valence-electron chi connectivity index (χ4n) is 1.68. The van der Waals surface area contributed by atoms with E-state index < -0.39 is 0 Å².